The standard InChI is InChI=1S/C21H30N4O3/c1-21(2,3)28-20(26)25-12-8-9-15(14-25)13-24(4)18-19(27-5)23-17-11-7-6-10-16(17)22-18/h6-7,10-11,15H,8-9,12-14H2,1-5H3. The lowest BCUT2D eigenvalue weighted by Crippen LogP contribution is -2.45. The molecule has 1 aliphatic heterocycles. The molecule has 1 aromatic heterocycles. The van der Waals surface area contributed by atoms with Crippen LogP contribution < -0.4 is 9.64 Å². The van der Waals surface area contributed by atoms with Crippen LogP contribution >= 0.6 is 0 Å². The third kappa shape index (κ3) is 4.82. The number of para-hydroxylation sites is 2. The lowest BCUT2D eigenvalue weighted by Gasteiger charge is -2.36. The lowest BCUT2D eigenvalue weighted by atomic mass is 9.98. The molecule has 0 saturated carbocycles. The van der Waals surface area contributed by atoms with Gasteiger partial charge >= 0.3 is 6.09 Å². The molecule has 0 bridgehead atoms. The summed E-state index contributed by atoms with van der Waals surface area (Å²) in [4.78, 5) is 25.6. The first-order valence-corrected chi connectivity index (χ1v) is 9.76. The van der Waals surface area contributed by atoms with E-state index in [9.17, 15) is 4.79 Å². The zero-order valence-corrected chi connectivity index (χ0v) is 17.4. The monoisotopic (exact) mass is 386 g/mol. The molecule has 1 unspecified atom stereocenters. The molecule has 2 aromatic rings. The number of fused-ring (bicyclic) bond motifs is 1. The first kappa shape index (κ1) is 20.2. The Morgan fingerprint density at radius 2 is 1.93 bits per heavy atom. The normalized spacial score (nSPS) is 17.5. The second kappa shape index (κ2) is 8.20. The molecule has 152 valence electrons. The average molecular weight is 386 g/mol. The Hall–Kier alpha value is -2.57. The van der Waals surface area contributed by atoms with Crippen LogP contribution in [0, 0.1) is 5.92 Å². The van der Waals surface area contributed by atoms with Crippen molar-refractivity contribution in [3.05, 3.63) is 24.3 Å². The molecule has 7 nitrogen and oxygen atoms in total. The smallest absolute Gasteiger partial charge is 0.410 e. The van der Waals surface area contributed by atoms with Crippen molar-refractivity contribution in [3.8, 4) is 5.88 Å². The highest BCUT2D eigenvalue weighted by molar-refractivity contribution is 5.77. The van der Waals surface area contributed by atoms with E-state index in [4.69, 9.17) is 14.5 Å². The zero-order chi connectivity index (χ0) is 20.3. The number of ether oxygens (including phenoxy) is 2. The van der Waals surface area contributed by atoms with Gasteiger partial charge in [-0.05, 0) is 51.7 Å². The maximum atomic E-state index is 12.4. The molecule has 1 amide bonds. The highest BCUT2D eigenvalue weighted by Crippen LogP contribution is 2.28. The number of rotatable bonds is 4. The maximum Gasteiger partial charge on any atom is 0.410 e. The number of nitrogens with zero attached hydrogens (tertiary/aromatic N) is 4. The van der Waals surface area contributed by atoms with Crippen molar-refractivity contribution in [2.45, 2.75) is 39.2 Å². The fourth-order valence-electron chi connectivity index (χ4n) is 3.54. The van der Waals surface area contributed by atoms with Crippen molar-refractivity contribution in [2.75, 3.05) is 38.7 Å². The van der Waals surface area contributed by atoms with E-state index in [0.717, 1.165) is 42.8 Å². The van der Waals surface area contributed by atoms with Gasteiger partial charge in [0.25, 0.3) is 5.88 Å². The largest absolute Gasteiger partial charge is 0.478 e. The Morgan fingerprint density at radius 3 is 2.57 bits per heavy atom. The molecular weight excluding hydrogens is 356 g/mol. The van der Waals surface area contributed by atoms with Crippen molar-refractivity contribution in [2.24, 2.45) is 5.92 Å². The number of anilines is 1. The minimum atomic E-state index is -0.477. The number of piperidine rings is 1. The van der Waals surface area contributed by atoms with Crippen LogP contribution in [0.5, 0.6) is 5.88 Å². The highest BCUT2D eigenvalue weighted by atomic mass is 16.6. The quantitative estimate of drug-likeness (QED) is 0.798. The second-order valence-electron chi connectivity index (χ2n) is 8.36. The van der Waals surface area contributed by atoms with Crippen LogP contribution in [-0.2, 0) is 4.74 Å². The number of benzene rings is 1. The van der Waals surface area contributed by atoms with E-state index in [-0.39, 0.29) is 6.09 Å². The first-order valence-electron chi connectivity index (χ1n) is 9.76. The number of likely N-dealkylation sites (tertiary alicyclic amines) is 1. The van der Waals surface area contributed by atoms with Crippen LogP contribution in [0.3, 0.4) is 0 Å². The summed E-state index contributed by atoms with van der Waals surface area (Å²) >= 11 is 0. The van der Waals surface area contributed by atoms with E-state index in [1.54, 1.807) is 7.11 Å². The average Bonchev–Trinajstić information content (AvgIpc) is 2.65. The van der Waals surface area contributed by atoms with Gasteiger partial charge in [-0.15, -0.1) is 0 Å². The highest BCUT2D eigenvalue weighted by Gasteiger charge is 2.29. The van der Waals surface area contributed by atoms with Crippen LogP contribution in [0.1, 0.15) is 33.6 Å². The van der Waals surface area contributed by atoms with Gasteiger partial charge < -0.3 is 19.3 Å². The first-order chi connectivity index (χ1) is 13.3. The Balaban J connectivity index is 1.71. The summed E-state index contributed by atoms with van der Waals surface area (Å²) in [6.45, 7) is 7.87. The van der Waals surface area contributed by atoms with Gasteiger partial charge in [-0.3, -0.25) is 0 Å². The predicted molar refractivity (Wildman–Crippen MR) is 110 cm³/mol. The van der Waals surface area contributed by atoms with Gasteiger partial charge in [-0.1, -0.05) is 12.1 Å². The molecule has 1 saturated heterocycles. The molecule has 28 heavy (non-hydrogen) atoms. The van der Waals surface area contributed by atoms with E-state index < -0.39 is 5.60 Å². The molecule has 0 spiro atoms. The van der Waals surface area contributed by atoms with Crippen LogP contribution in [0.2, 0.25) is 0 Å². The summed E-state index contributed by atoms with van der Waals surface area (Å²) in [6, 6.07) is 7.76. The molecule has 1 aliphatic rings. The fourth-order valence-corrected chi connectivity index (χ4v) is 3.54. The van der Waals surface area contributed by atoms with Gasteiger partial charge in [-0.2, -0.15) is 0 Å². The van der Waals surface area contributed by atoms with Gasteiger partial charge in [0.1, 0.15) is 5.60 Å². The molecule has 2 heterocycles. The van der Waals surface area contributed by atoms with Gasteiger partial charge in [-0.25, -0.2) is 14.8 Å². The van der Waals surface area contributed by atoms with Gasteiger partial charge in [0.05, 0.1) is 18.1 Å². The predicted octanol–water partition coefficient (Wildman–Crippen LogP) is 3.72. The molecule has 1 aromatic carbocycles. The number of carbonyl (C=O) groups excluding carboxylic acids is 1. The Morgan fingerprint density at radius 1 is 1.25 bits per heavy atom. The topological polar surface area (TPSA) is 67.8 Å². The number of amides is 1. The molecule has 1 fully saturated rings. The SMILES string of the molecule is COc1nc2ccccc2nc1N(C)CC1CCCN(C(=O)OC(C)(C)C)C1. The molecule has 0 aliphatic carbocycles. The van der Waals surface area contributed by atoms with E-state index in [1.165, 1.54) is 0 Å². The molecule has 1 atom stereocenters. The Labute approximate surface area is 166 Å². The van der Waals surface area contributed by atoms with Crippen molar-refractivity contribution >= 4 is 22.9 Å². The van der Waals surface area contributed by atoms with Crippen molar-refractivity contribution < 1.29 is 14.3 Å². The third-order valence-electron chi connectivity index (χ3n) is 4.78. The molecule has 0 N–H and O–H groups in total. The maximum absolute atomic E-state index is 12.4. The van der Waals surface area contributed by atoms with Crippen LogP contribution in [0.25, 0.3) is 11.0 Å². The van der Waals surface area contributed by atoms with E-state index in [1.807, 2.05) is 57.0 Å². The number of hydrogen-bond donors (Lipinski definition) is 0. The Kier molecular flexibility index (Phi) is 5.91. The summed E-state index contributed by atoms with van der Waals surface area (Å²) in [5.74, 6) is 1.57. The lowest BCUT2D eigenvalue weighted by molar-refractivity contribution is 0.0170. The summed E-state index contributed by atoms with van der Waals surface area (Å²) in [7, 11) is 3.61. The van der Waals surface area contributed by atoms with Crippen molar-refractivity contribution in [1.29, 1.82) is 0 Å². The number of hydrogen-bond acceptors (Lipinski definition) is 6. The van der Waals surface area contributed by atoms with Gasteiger partial charge in [0.15, 0.2) is 5.82 Å². The van der Waals surface area contributed by atoms with E-state index in [2.05, 4.69) is 9.88 Å². The summed E-state index contributed by atoms with van der Waals surface area (Å²) in [5.41, 5.74) is 1.17. The van der Waals surface area contributed by atoms with Gasteiger partial charge in [0.2, 0.25) is 0 Å². The second-order valence-corrected chi connectivity index (χ2v) is 8.36. The van der Waals surface area contributed by atoms with E-state index in [0.29, 0.717) is 18.3 Å². The van der Waals surface area contributed by atoms with Crippen LogP contribution in [0.4, 0.5) is 10.6 Å². The molecule has 7 heteroatoms. The molecule has 0 radical (unpaired) electrons. The van der Waals surface area contributed by atoms with Crippen LogP contribution in [0.15, 0.2) is 24.3 Å². The third-order valence-corrected chi connectivity index (χ3v) is 4.78. The van der Waals surface area contributed by atoms with E-state index >= 15 is 0 Å². The number of aromatic nitrogens is 2. The van der Waals surface area contributed by atoms with Gasteiger partial charge in [0, 0.05) is 26.7 Å². The number of carbonyl (C=O) groups is 1. The summed E-state index contributed by atoms with van der Waals surface area (Å²) < 4.78 is 11.0. The molecular formula is C21H30N4O3. The minimum absolute atomic E-state index is 0.233. The minimum Gasteiger partial charge on any atom is -0.478 e. The van der Waals surface area contributed by atoms with Crippen molar-refractivity contribution in [1.82, 2.24) is 14.9 Å². The Bertz CT molecular complexity index is 834. The fraction of sp³-hybridized carbons (Fsp3) is 0.571. The van der Waals surface area contributed by atoms with Crippen molar-refractivity contribution in [3.63, 3.8) is 0 Å². The zero-order valence-electron chi connectivity index (χ0n) is 17.4. The summed E-state index contributed by atoms with van der Waals surface area (Å²) in [5, 5.41) is 0. The van der Waals surface area contributed by atoms with Crippen LogP contribution in [-0.4, -0.2) is 60.4 Å². The number of methoxy groups -OCH3 is 1. The molecule has 3 rings (SSSR count). The summed E-state index contributed by atoms with van der Waals surface area (Å²) in [6.07, 6.45) is 1.80.